The predicted molar refractivity (Wildman–Crippen MR) is 129 cm³/mol. The Balaban J connectivity index is 1.59. The second-order valence-electron chi connectivity index (χ2n) is 9.34. The summed E-state index contributed by atoms with van der Waals surface area (Å²) in [5, 5.41) is 0. The lowest BCUT2D eigenvalue weighted by atomic mass is 9.85. The van der Waals surface area contributed by atoms with Crippen molar-refractivity contribution in [3.05, 3.63) is 87.8 Å². The molecule has 166 valence electrons. The van der Waals surface area contributed by atoms with E-state index in [9.17, 15) is 4.79 Å². The Morgan fingerprint density at radius 1 is 0.938 bits per heavy atom. The first kappa shape index (κ1) is 21.0. The molecule has 2 unspecified atom stereocenters. The van der Waals surface area contributed by atoms with Crippen molar-refractivity contribution in [3.63, 3.8) is 0 Å². The molecule has 3 aromatic rings. The highest BCUT2D eigenvalue weighted by Gasteiger charge is 2.34. The Morgan fingerprint density at radius 2 is 1.62 bits per heavy atom. The number of rotatable bonds is 4. The number of anilines is 2. The molecule has 0 radical (unpaired) electrons. The SMILES string of the molecule is Cc1nc2n(c(=O)c1Cc1ccccc1)CN(C1CCCCC1C)CN2c1ccccc1. The van der Waals surface area contributed by atoms with Crippen LogP contribution in [0.5, 0.6) is 0 Å². The highest BCUT2D eigenvalue weighted by Crippen LogP contribution is 2.34. The summed E-state index contributed by atoms with van der Waals surface area (Å²) in [4.78, 5) is 23.5. The molecule has 1 aliphatic heterocycles. The van der Waals surface area contributed by atoms with Crippen molar-refractivity contribution >= 4 is 11.6 Å². The van der Waals surface area contributed by atoms with E-state index in [0.29, 0.717) is 25.0 Å². The monoisotopic (exact) mass is 428 g/mol. The molecular weight excluding hydrogens is 396 g/mol. The van der Waals surface area contributed by atoms with E-state index in [1.54, 1.807) is 0 Å². The van der Waals surface area contributed by atoms with Crippen molar-refractivity contribution in [2.75, 3.05) is 11.6 Å². The fraction of sp³-hybridized carbons (Fsp3) is 0.407. The predicted octanol–water partition coefficient (Wildman–Crippen LogP) is 5.09. The van der Waals surface area contributed by atoms with Crippen LogP contribution in [0.4, 0.5) is 11.6 Å². The highest BCUT2D eigenvalue weighted by atomic mass is 16.1. The van der Waals surface area contributed by atoms with Crippen LogP contribution in [-0.2, 0) is 13.1 Å². The average molecular weight is 429 g/mol. The van der Waals surface area contributed by atoms with Gasteiger partial charge in [-0.3, -0.25) is 19.2 Å². The van der Waals surface area contributed by atoms with Crippen molar-refractivity contribution in [2.45, 2.75) is 58.7 Å². The molecule has 2 aliphatic rings. The van der Waals surface area contributed by atoms with E-state index in [-0.39, 0.29) is 5.56 Å². The molecule has 0 bridgehead atoms. The van der Waals surface area contributed by atoms with Gasteiger partial charge in [-0.05, 0) is 43.4 Å². The molecule has 0 N–H and O–H groups in total. The summed E-state index contributed by atoms with van der Waals surface area (Å²) >= 11 is 0. The van der Waals surface area contributed by atoms with E-state index in [2.05, 4.69) is 53.1 Å². The Bertz CT molecular complexity index is 1130. The van der Waals surface area contributed by atoms with Gasteiger partial charge >= 0.3 is 0 Å². The molecule has 0 spiro atoms. The second kappa shape index (κ2) is 8.91. The molecule has 5 nitrogen and oxygen atoms in total. The van der Waals surface area contributed by atoms with Crippen LogP contribution in [-0.4, -0.2) is 27.2 Å². The Hall–Kier alpha value is -2.92. The Kier molecular flexibility index (Phi) is 5.83. The first-order valence-electron chi connectivity index (χ1n) is 11.8. The van der Waals surface area contributed by atoms with E-state index in [1.165, 1.54) is 25.7 Å². The Labute approximate surface area is 190 Å². The van der Waals surface area contributed by atoms with Crippen molar-refractivity contribution in [3.8, 4) is 0 Å². The smallest absolute Gasteiger partial charge is 0.259 e. The maximum atomic E-state index is 13.8. The molecule has 0 saturated heterocycles. The summed E-state index contributed by atoms with van der Waals surface area (Å²) in [6.07, 6.45) is 5.66. The summed E-state index contributed by atoms with van der Waals surface area (Å²) in [6.45, 7) is 5.72. The molecule has 2 aromatic carbocycles. The molecule has 1 aliphatic carbocycles. The zero-order valence-corrected chi connectivity index (χ0v) is 19.1. The minimum absolute atomic E-state index is 0.0884. The zero-order chi connectivity index (χ0) is 22.1. The number of para-hydroxylation sites is 1. The van der Waals surface area contributed by atoms with Gasteiger partial charge in [0, 0.05) is 23.7 Å². The molecule has 32 heavy (non-hydrogen) atoms. The minimum atomic E-state index is 0.0884. The van der Waals surface area contributed by atoms with Crippen LogP contribution in [0.1, 0.15) is 49.4 Å². The molecule has 0 amide bonds. The molecule has 1 saturated carbocycles. The van der Waals surface area contributed by atoms with E-state index in [1.807, 2.05) is 35.8 Å². The van der Waals surface area contributed by atoms with Crippen LogP contribution in [0.3, 0.4) is 0 Å². The van der Waals surface area contributed by atoms with Gasteiger partial charge in [0.05, 0.1) is 19.0 Å². The highest BCUT2D eigenvalue weighted by molar-refractivity contribution is 5.58. The maximum absolute atomic E-state index is 13.8. The van der Waals surface area contributed by atoms with Gasteiger partial charge in [-0.25, -0.2) is 4.98 Å². The van der Waals surface area contributed by atoms with Gasteiger partial charge in [0.25, 0.3) is 5.56 Å². The second-order valence-corrected chi connectivity index (χ2v) is 9.34. The Morgan fingerprint density at radius 3 is 2.34 bits per heavy atom. The lowest BCUT2D eigenvalue weighted by molar-refractivity contribution is 0.0723. The quantitative estimate of drug-likeness (QED) is 0.580. The number of nitrogens with zero attached hydrogens (tertiary/aromatic N) is 4. The first-order chi connectivity index (χ1) is 15.6. The van der Waals surface area contributed by atoms with Crippen LogP contribution in [0.15, 0.2) is 65.5 Å². The van der Waals surface area contributed by atoms with Gasteiger partial charge in [0.2, 0.25) is 5.95 Å². The zero-order valence-electron chi connectivity index (χ0n) is 19.1. The van der Waals surface area contributed by atoms with Crippen LogP contribution < -0.4 is 10.5 Å². The minimum Gasteiger partial charge on any atom is -0.298 e. The normalized spacial score (nSPS) is 21.4. The summed E-state index contributed by atoms with van der Waals surface area (Å²) in [5.74, 6) is 1.40. The third-order valence-electron chi connectivity index (χ3n) is 7.16. The summed E-state index contributed by atoms with van der Waals surface area (Å²) in [7, 11) is 0. The molecule has 2 atom stereocenters. The van der Waals surface area contributed by atoms with Gasteiger partial charge in [0.1, 0.15) is 0 Å². The van der Waals surface area contributed by atoms with E-state index in [4.69, 9.17) is 4.98 Å². The van der Waals surface area contributed by atoms with Gasteiger partial charge in [-0.2, -0.15) is 0 Å². The van der Waals surface area contributed by atoms with Crippen molar-refractivity contribution in [2.24, 2.45) is 5.92 Å². The molecule has 5 heteroatoms. The number of benzene rings is 2. The number of aromatic nitrogens is 2. The van der Waals surface area contributed by atoms with Gasteiger partial charge in [-0.1, -0.05) is 68.3 Å². The van der Waals surface area contributed by atoms with Gasteiger partial charge in [-0.15, -0.1) is 0 Å². The van der Waals surface area contributed by atoms with Crippen molar-refractivity contribution < 1.29 is 0 Å². The summed E-state index contributed by atoms with van der Waals surface area (Å²) in [6, 6.07) is 21.1. The van der Waals surface area contributed by atoms with E-state index >= 15 is 0 Å². The third kappa shape index (κ3) is 3.97. The van der Waals surface area contributed by atoms with Crippen LogP contribution in [0.2, 0.25) is 0 Å². The topological polar surface area (TPSA) is 41.4 Å². The van der Waals surface area contributed by atoms with Gasteiger partial charge in [0.15, 0.2) is 0 Å². The largest absolute Gasteiger partial charge is 0.298 e. The molecule has 2 heterocycles. The number of aryl methyl sites for hydroxylation is 1. The van der Waals surface area contributed by atoms with Crippen LogP contribution in [0.25, 0.3) is 0 Å². The van der Waals surface area contributed by atoms with E-state index < -0.39 is 0 Å². The third-order valence-corrected chi connectivity index (χ3v) is 7.16. The molecule has 1 aromatic heterocycles. The lowest BCUT2D eigenvalue weighted by Gasteiger charge is -2.45. The fourth-order valence-corrected chi connectivity index (χ4v) is 5.35. The van der Waals surface area contributed by atoms with Crippen molar-refractivity contribution in [1.29, 1.82) is 0 Å². The van der Waals surface area contributed by atoms with Crippen LogP contribution in [0, 0.1) is 12.8 Å². The number of hydrogen-bond donors (Lipinski definition) is 0. The first-order valence-corrected chi connectivity index (χ1v) is 11.8. The molecular formula is C27H32N4O. The molecule has 5 rings (SSSR count). The maximum Gasteiger partial charge on any atom is 0.259 e. The number of hydrogen-bond acceptors (Lipinski definition) is 4. The van der Waals surface area contributed by atoms with Crippen molar-refractivity contribution in [1.82, 2.24) is 14.5 Å². The van der Waals surface area contributed by atoms with Crippen LogP contribution >= 0.6 is 0 Å². The summed E-state index contributed by atoms with van der Waals surface area (Å²) in [5.41, 5.74) is 3.93. The molecule has 1 fully saturated rings. The summed E-state index contributed by atoms with van der Waals surface area (Å²) < 4.78 is 1.91. The number of fused-ring (bicyclic) bond motifs is 1. The van der Waals surface area contributed by atoms with Gasteiger partial charge < -0.3 is 0 Å². The average Bonchev–Trinajstić information content (AvgIpc) is 2.83. The lowest BCUT2D eigenvalue weighted by Crippen LogP contribution is -2.53. The standard InChI is InChI=1S/C27H32N4O/c1-20-11-9-10-16-25(20)29-18-30(23-14-7-4-8-15-23)27-28-21(2)24(26(32)31(27)19-29)17-22-12-5-3-6-13-22/h3-8,12-15,20,25H,9-11,16-19H2,1-2H3. The van der Waals surface area contributed by atoms with E-state index in [0.717, 1.165) is 35.1 Å². The fourth-order valence-electron chi connectivity index (χ4n) is 5.35.